The number of likely N-dealkylation sites (tertiary alicyclic amines) is 1. The summed E-state index contributed by atoms with van der Waals surface area (Å²) in [5.41, 5.74) is 0.617. The second-order valence-electron chi connectivity index (χ2n) is 15.8. The average molecular weight is 898 g/mol. The number of carbonyl (C=O) groups is 9. The van der Waals surface area contributed by atoms with E-state index >= 15 is 0 Å². The van der Waals surface area contributed by atoms with Gasteiger partial charge in [0.25, 0.3) is 11.8 Å². The Morgan fingerprint density at radius 3 is 2.21 bits per heavy atom. The number of nitrogens with zero attached hydrogens (tertiary/aromatic N) is 2. The van der Waals surface area contributed by atoms with Gasteiger partial charge in [0.15, 0.2) is 0 Å². The molecular formula is C43H59N7O12S. The van der Waals surface area contributed by atoms with E-state index in [0.717, 1.165) is 30.6 Å². The highest BCUT2D eigenvalue weighted by Gasteiger charge is 2.40. The summed E-state index contributed by atoms with van der Waals surface area (Å²) < 4.78 is 15.9. The summed E-state index contributed by atoms with van der Waals surface area (Å²) in [5.74, 6) is -1.44. The molecule has 1 aromatic carbocycles. The fourth-order valence-corrected chi connectivity index (χ4v) is 8.86. The molecule has 3 aliphatic heterocycles. The Morgan fingerprint density at radius 1 is 0.778 bits per heavy atom. The molecule has 0 spiro atoms. The molecule has 3 atom stereocenters. The van der Waals surface area contributed by atoms with Gasteiger partial charge in [-0.25, -0.2) is 4.79 Å². The first-order valence-corrected chi connectivity index (χ1v) is 22.8. The molecule has 0 aromatic heterocycles. The van der Waals surface area contributed by atoms with Gasteiger partial charge in [0, 0.05) is 62.8 Å². The molecule has 19 nitrogen and oxygen atoms in total. The minimum absolute atomic E-state index is 0.0117. The van der Waals surface area contributed by atoms with Gasteiger partial charge < -0.3 is 40.8 Å². The van der Waals surface area contributed by atoms with Crippen LogP contribution >= 0.6 is 11.8 Å². The van der Waals surface area contributed by atoms with Gasteiger partial charge in [0.1, 0.15) is 18.7 Å². The Morgan fingerprint density at radius 2 is 1.49 bits per heavy atom. The third-order valence-electron chi connectivity index (χ3n) is 11.2. The number of ether oxygens (including phenoxy) is 3. The SMILES string of the molecule is O=C1CC[C@H](C(=O)N[C@@H](CCCCCSC2CC(=O)N(CC3CCC(C(=O)NCCOCCOCCOC(=O)NCCN4C(=O)C=CC4=O)CC3)C2=O)C(=O)Nc2ccccc2)N1. The molecule has 0 radical (unpaired) electrons. The number of rotatable bonds is 26. The predicted octanol–water partition coefficient (Wildman–Crippen LogP) is 1.42. The Kier molecular flexibility index (Phi) is 19.9. The van der Waals surface area contributed by atoms with Crippen molar-refractivity contribution < 1.29 is 57.4 Å². The first-order chi connectivity index (χ1) is 30.5. The van der Waals surface area contributed by atoms with Crippen molar-refractivity contribution >= 4 is 70.8 Å². The van der Waals surface area contributed by atoms with E-state index in [1.165, 1.54) is 28.8 Å². The highest BCUT2D eigenvalue weighted by molar-refractivity contribution is 8.00. The first kappa shape index (κ1) is 48.7. The summed E-state index contributed by atoms with van der Waals surface area (Å²) in [6.07, 6.45) is 7.89. The van der Waals surface area contributed by atoms with Crippen LogP contribution in [0.3, 0.4) is 0 Å². The van der Waals surface area contributed by atoms with E-state index in [-0.39, 0.29) is 99.6 Å². The van der Waals surface area contributed by atoms with Crippen molar-refractivity contribution in [2.45, 2.75) is 88.0 Å². The van der Waals surface area contributed by atoms with Crippen molar-refractivity contribution in [1.29, 1.82) is 0 Å². The number of benzene rings is 1. The summed E-state index contributed by atoms with van der Waals surface area (Å²) >= 11 is 1.48. The third kappa shape index (κ3) is 16.1. The second-order valence-corrected chi connectivity index (χ2v) is 17.1. The first-order valence-electron chi connectivity index (χ1n) is 21.8. The lowest BCUT2D eigenvalue weighted by Crippen LogP contribution is -2.50. The van der Waals surface area contributed by atoms with Crippen molar-refractivity contribution in [2.24, 2.45) is 11.8 Å². The minimum Gasteiger partial charge on any atom is -0.447 e. The number of hydrogen-bond acceptors (Lipinski definition) is 13. The zero-order valence-corrected chi connectivity index (χ0v) is 36.3. The van der Waals surface area contributed by atoms with Crippen molar-refractivity contribution in [3.63, 3.8) is 0 Å². The summed E-state index contributed by atoms with van der Waals surface area (Å²) in [7, 11) is 0. The summed E-state index contributed by atoms with van der Waals surface area (Å²) in [6.45, 7) is 1.85. The number of unbranched alkanes of at least 4 members (excludes halogenated alkanes) is 2. The van der Waals surface area contributed by atoms with Crippen LogP contribution in [0, 0.1) is 11.8 Å². The van der Waals surface area contributed by atoms with E-state index in [9.17, 15) is 43.2 Å². The minimum atomic E-state index is -0.779. The van der Waals surface area contributed by atoms with Gasteiger partial charge in [-0.2, -0.15) is 0 Å². The molecule has 1 unspecified atom stereocenters. The number of carbonyl (C=O) groups excluding carboxylic acids is 9. The van der Waals surface area contributed by atoms with Gasteiger partial charge in [-0.05, 0) is 68.7 Å². The monoisotopic (exact) mass is 897 g/mol. The molecule has 9 amide bonds. The number of thioether (sulfide) groups is 1. The third-order valence-corrected chi connectivity index (χ3v) is 12.5. The topological polar surface area (TPSA) is 248 Å². The van der Waals surface area contributed by atoms with Crippen LogP contribution in [0.25, 0.3) is 0 Å². The molecule has 2 saturated heterocycles. The summed E-state index contributed by atoms with van der Waals surface area (Å²) in [5, 5.41) is 13.3. The van der Waals surface area contributed by atoms with E-state index in [0.29, 0.717) is 63.2 Å². The van der Waals surface area contributed by atoms with Crippen molar-refractivity contribution in [3.05, 3.63) is 42.5 Å². The molecular weight excluding hydrogens is 839 g/mol. The molecule has 20 heteroatoms. The van der Waals surface area contributed by atoms with Crippen LogP contribution in [-0.4, -0.2) is 145 Å². The lowest BCUT2D eigenvalue weighted by Gasteiger charge is -2.30. The fraction of sp³-hybridized carbons (Fsp3) is 0.605. The zero-order valence-electron chi connectivity index (χ0n) is 35.5. The predicted molar refractivity (Wildman–Crippen MR) is 230 cm³/mol. The van der Waals surface area contributed by atoms with E-state index in [1.807, 2.05) is 6.07 Å². The van der Waals surface area contributed by atoms with Gasteiger partial charge >= 0.3 is 6.09 Å². The molecule has 344 valence electrons. The molecule has 1 aliphatic carbocycles. The molecule has 3 fully saturated rings. The zero-order chi connectivity index (χ0) is 45.0. The fourth-order valence-electron chi connectivity index (χ4n) is 7.67. The molecule has 3 heterocycles. The number of hydrogen-bond donors (Lipinski definition) is 5. The molecule has 4 aliphatic rings. The van der Waals surface area contributed by atoms with E-state index in [4.69, 9.17) is 14.2 Å². The van der Waals surface area contributed by atoms with Crippen LogP contribution in [-0.2, 0) is 52.6 Å². The Labute approximate surface area is 370 Å². The number of para-hydroxylation sites is 1. The van der Waals surface area contributed by atoms with Crippen LogP contribution in [0.15, 0.2) is 42.5 Å². The molecule has 1 aromatic rings. The average Bonchev–Trinajstić information content (AvgIpc) is 3.94. The number of anilines is 1. The number of alkyl carbamates (subject to hydrolysis) is 1. The summed E-state index contributed by atoms with van der Waals surface area (Å²) in [4.78, 5) is 114. The molecule has 0 bridgehead atoms. The van der Waals surface area contributed by atoms with Gasteiger partial charge in [-0.3, -0.25) is 48.2 Å². The Bertz CT molecular complexity index is 1790. The number of imide groups is 2. The van der Waals surface area contributed by atoms with E-state index < -0.39 is 35.2 Å². The Balaban J connectivity index is 0.868. The van der Waals surface area contributed by atoms with Gasteiger partial charge in [0.2, 0.25) is 35.4 Å². The molecule has 5 rings (SSSR count). The number of amides is 9. The molecule has 1 saturated carbocycles. The highest BCUT2D eigenvalue weighted by atomic mass is 32.2. The van der Waals surface area contributed by atoms with E-state index in [1.54, 1.807) is 24.3 Å². The van der Waals surface area contributed by atoms with Gasteiger partial charge in [-0.15, -0.1) is 11.8 Å². The van der Waals surface area contributed by atoms with E-state index in [2.05, 4.69) is 26.6 Å². The smallest absolute Gasteiger partial charge is 0.407 e. The normalized spacial score (nSPS) is 21.4. The quantitative estimate of drug-likeness (QED) is 0.0653. The van der Waals surface area contributed by atoms with Crippen molar-refractivity contribution in [1.82, 2.24) is 31.1 Å². The van der Waals surface area contributed by atoms with Crippen LogP contribution in [0.5, 0.6) is 0 Å². The van der Waals surface area contributed by atoms with Crippen molar-refractivity contribution in [2.75, 3.05) is 70.3 Å². The lowest BCUT2D eigenvalue weighted by atomic mass is 9.81. The van der Waals surface area contributed by atoms with Crippen LogP contribution in [0.1, 0.15) is 70.6 Å². The lowest BCUT2D eigenvalue weighted by molar-refractivity contribution is -0.140. The molecule has 5 N–H and O–H groups in total. The second kappa shape index (κ2) is 25.7. The number of nitrogens with one attached hydrogen (secondary N) is 5. The Hall–Kier alpha value is -5.34. The van der Waals surface area contributed by atoms with Crippen LogP contribution in [0.4, 0.5) is 10.5 Å². The van der Waals surface area contributed by atoms with Crippen LogP contribution < -0.4 is 26.6 Å². The largest absolute Gasteiger partial charge is 0.447 e. The van der Waals surface area contributed by atoms with Crippen molar-refractivity contribution in [3.8, 4) is 0 Å². The standard InChI is InChI=1S/C43H59N7O12S/c51-35-15-14-33(47-35)41(57)48-32(40(56)46-31-7-3-1-4-8-31)9-5-2-6-26-63-34-27-38(54)50(42(34)58)28-29-10-12-30(13-11-29)39(55)44-19-21-60-22-23-61-24-25-62-43(59)45-18-20-49-36(52)16-17-37(49)53/h1,3-4,7-8,16-17,29-30,32-34H,2,5-6,9-15,18-28H2,(H,44,55)(H,45,59)(H,46,56)(H,47,51)(H,48,57)/t29?,30?,32-,33+,34?/m0/s1. The maximum absolute atomic E-state index is 13.2. The van der Waals surface area contributed by atoms with Crippen LogP contribution in [0.2, 0.25) is 0 Å². The van der Waals surface area contributed by atoms with Gasteiger partial charge in [-0.1, -0.05) is 31.0 Å². The highest BCUT2D eigenvalue weighted by Crippen LogP contribution is 2.33. The molecule has 63 heavy (non-hydrogen) atoms. The van der Waals surface area contributed by atoms with Gasteiger partial charge in [0.05, 0.1) is 31.7 Å². The maximum atomic E-state index is 13.2. The maximum Gasteiger partial charge on any atom is 0.407 e. The summed E-state index contributed by atoms with van der Waals surface area (Å²) in [6, 6.07) is 7.54.